The van der Waals surface area contributed by atoms with Gasteiger partial charge in [-0.25, -0.2) is 4.98 Å². The van der Waals surface area contributed by atoms with E-state index in [2.05, 4.69) is 4.98 Å². The van der Waals surface area contributed by atoms with Gasteiger partial charge in [-0.15, -0.1) is 11.3 Å². The molecule has 1 amide bonds. The molecular formula is C21H19F3N2O2S. The SMILES string of the molecule is COc1ccc(CN(C)C(=O)Cc2csc(-c3ccc(C(F)(F)F)cc3)n2)cc1. The summed E-state index contributed by atoms with van der Waals surface area (Å²) in [5.74, 6) is 0.658. The van der Waals surface area contributed by atoms with E-state index in [1.807, 2.05) is 24.3 Å². The van der Waals surface area contributed by atoms with Gasteiger partial charge in [0.15, 0.2) is 0 Å². The molecule has 3 rings (SSSR count). The summed E-state index contributed by atoms with van der Waals surface area (Å²) in [6, 6.07) is 12.3. The van der Waals surface area contributed by atoms with Gasteiger partial charge >= 0.3 is 6.18 Å². The van der Waals surface area contributed by atoms with E-state index in [-0.39, 0.29) is 12.3 Å². The lowest BCUT2D eigenvalue weighted by atomic mass is 10.1. The molecule has 3 aromatic rings. The number of ether oxygens (including phenoxy) is 1. The molecule has 29 heavy (non-hydrogen) atoms. The molecule has 0 unspecified atom stereocenters. The number of thiazole rings is 1. The molecule has 1 heterocycles. The Labute approximate surface area is 170 Å². The Balaban J connectivity index is 1.62. The van der Waals surface area contributed by atoms with Crippen molar-refractivity contribution in [2.75, 3.05) is 14.2 Å². The quantitative estimate of drug-likeness (QED) is 0.561. The van der Waals surface area contributed by atoms with Crippen LogP contribution in [0.3, 0.4) is 0 Å². The summed E-state index contributed by atoms with van der Waals surface area (Å²) in [5.41, 5.74) is 1.46. The van der Waals surface area contributed by atoms with E-state index in [0.29, 0.717) is 22.8 Å². The van der Waals surface area contributed by atoms with Gasteiger partial charge in [-0.2, -0.15) is 13.2 Å². The third-order valence-electron chi connectivity index (χ3n) is 4.35. The van der Waals surface area contributed by atoms with Crippen molar-refractivity contribution in [1.29, 1.82) is 0 Å². The summed E-state index contributed by atoms with van der Waals surface area (Å²) in [7, 11) is 3.31. The molecule has 0 atom stereocenters. The fourth-order valence-corrected chi connectivity index (χ4v) is 3.53. The molecular weight excluding hydrogens is 401 g/mol. The van der Waals surface area contributed by atoms with E-state index in [4.69, 9.17) is 4.74 Å². The predicted molar refractivity (Wildman–Crippen MR) is 106 cm³/mol. The number of halogens is 3. The Kier molecular flexibility index (Phi) is 6.22. The van der Waals surface area contributed by atoms with Gasteiger partial charge in [0.2, 0.25) is 5.91 Å². The first-order valence-corrected chi connectivity index (χ1v) is 9.63. The molecule has 0 saturated heterocycles. The van der Waals surface area contributed by atoms with Gasteiger partial charge in [0.25, 0.3) is 0 Å². The van der Waals surface area contributed by atoms with E-state index in [1.165, 1.54) is 23.5 Å². The monoisotopic (exact) mass is 420 g/mol. The summed E-state index contributed by atoms with van der Waals surface area (Å²) >= 11 is 1.30. The summed E-state index contributed by atoms with van der Waals surface area (Å²) in [4.78, 5) is 18.5. The molecule has 0 aliphatic heterocycles. The second-order valence-electron chi connectivity index (χ2n) is 6.49. The average Bonchev–Trinajstić information content (AvgIpc) is 3.16. The number of rotatable bonds is 6. The molecule has 152 valence electrons. The van der Waals surface area contributed by atoms with Gasteiger partial charge in [-0.05, 0) is 29.8 Å². The van der Waals surface area contributed by atoms with Crippen LogP contribution >= 0.6 is 11.3 Å². The van der Waals surface area contributed by atoms with Crippen LogP contribution in [-0.4, -0.2) is 29.9 Å². The van der Waals surface area contributed by atoms with E-state index in [9.17, 15) is 18.0 Å². The van der Waals surface area contributed by atoms with Gasteiger partial charge in [0.05, 0.1) is 24.8 Å². The normalized spacial score (nSPS) is 11.3. The Morgan fingerprint density at radius 3 is 2.34 bits per heavy atom. The van der Waals surface area contributed by atoms with Crippen LogP contribution in [0.15, 0.2) is 53.9 Å². The number of hydrogen-bond acceptors (Lipinski definition) is 4. The molecule has 1 aromatic heterocycles. The van der Waals surface area contributed by atoms with Crippen molar-refractivity contribution < 1.29 is 22.7 Å². The molecule has 2 aromatic carbocycles. The van der Waals surface area contributed by atoms with Crippen molar-refractivity contribution in [3.05, 3.63) is 70.7 Å². The Hall–Kier alpha value is -2.87. The standard InChI is InChI=1S/C21H19F3N2O2S/c1-26(12-14-3-9-18(28-2)10-4-14)19(27)11-17-13-29-20(25-17)15-5-7-16(8-6-15)21(22,23)24/h3-10,13H,11-12H2,1-2H3. The van der Waals surface area contributed by atoms with Crippen molar-refractivity contribution in [3.63, 3.8) is 0 Å². The molecule has 0 radical (unpaired) electrons. The van der Waals surface area contributed by atoms with Crippen molar-refractivity contribution in [2.24, 2.45) is 0 Å². The maximum Gasteiger partial charge on any atom is 0.416 e. The first-order valence-electron chi connectivity index (χ1n) is 8.75. The molecule has 4 nitrogen and oxygen atoms in total. The second-order valence-corrected chi connectivity index (χ2v) is 7.35. The predicted octanol–water partition coefficient (Wildman–Crippen LogP) is 5.04. The zero-order valence-electron chi connectivity index (χ0n) is 15.9. The average molecular weight is 420 g/mol. The largest absolute Gasteiger partial charge is 0.497 e. The van der Waals surface area contributed by atoms with Crippen molar-refractivity contribution in [3.8, 4) is 16.3 Å². The molecule has 0 fully saturated rings. The van der Waals surface area contributed by atoms with Crippen LogP contribution in [0, 0.1) is 0 Å². The highest BCUT2D eigenvalue weighted by Gasteiger charge is 2.30. The second kappa shape index (κ2) is 8.65. The molecule has 0 aliphatic rings. The van der Waals surface area contributed by atoms with E-state index < -0.39 is 11.7 Å². The summed E-state index contributed by atoms with van der Waals surface area (Å²) < 4.78 is 43.2. The molecule has 0 saturated carbocycles. The third-order valence-corrected chi connectivity index (χ3v) is 5.29. The van der Waals surface area contributed by atoms with Crippen LogP contribution in [-0.2, 0) is 23.9 Å². The molecule has 0 N–H and O–H groups in total. The summed E-state index contributed by atoms with van der Waals surface area (Å²) in [6.45, 7) is 0.457. The number of aromatic nitrogens is 1. The summed E-state index contributed by atoms with van der Waals surface area (Å²) in [6.07, 6.45) is -4.24. The number of nitrogens with zero attached hydrogens (tertiary/aromatic N) is 2. The molecule has 0 aliphatic carbocycles. The maximum absolute atomic E-state index is 12.7. The van der Waals surface area contributed by atoms with Gasteiger partial charge in [-0.1, -0.05) is 24.3 Å². The molecule has 8 heteroatoms. The smallest absolute Gasteiger partial charge is 0.416 e. The fraction of sp³-hybridized carbons (Fsp3) is 0.238. The lowest BCUT2D eigenvalue weighted by Crippen LogP contribution is -2.27. The van der Waals surface area contributed by atoms with Crippen LogP contribution < -0.4 is 4.74 Å². The van der Waals surface area contributed by atoms with Crippen molar-refractivity contribution >= 4 is 17.2 Å². The lowest BCUT2D eigenvalue weighted by Gasteiger charge is -2.17. The maximum atomic E-state index is 12.7. The number of carbonyl (C=O) groups excluding carboxylic acids is 1. The third kappa shape index (κ3) is 5.35. The van der Waals surface area contributed by atoms with Crippen molar-refractivity contribution in [2.45, 2.75) is 19.1 Å². The first kappa shape index (κ1) is 20.9. The van der Waals surface area contributed by atoms with E-state index in [0.717, 1.165) is 23.4 Å². The number of carbonyl (C=O) groups is 1. The zero-order chi connectivity index (χ0) is 21.0. The molecule has 0 spiro atoms. The Morgan fingerprint density at radius 2 is 1.76 bits per heavy atom. The fourth-order valence-electron chi connectivity index (χ4n) is 2.71. The topological polar surface area (TPSA) is 42.4 Å². The number of benzene rings is 2. The first-order chi connectivity index (χ1) is 13.8. The highest BCUT2D eigenvalue weighted by molar-refractivity contribution is 7.13. The van der Waals surface area contributed by atoms with Gasteiger partial charge in [0, 0.05) is 24.5 Å². The number of likely N-dealkylation sites (N-methyl/N-ethyl adjacent to an activating group) is 1. The van der Waals surface area contributed by atoms with Crippen LogP contribution in [0.2, 0.25) is 0 Å². The van der Waals surface area contributed by atoms with Gasteiger partial charge < -0.3 is 9.64 Å². The van der Waals surface area contributed by atoms with Crippen LogP contribution in [0.4, 0.5) is 13.2 Å². The minimum Gasteiger partial charge on any atom is -0.497 e. The zero-order valence-corrected chi connectivity index (χ0v) is 16.7. The number of hydrogen-bond donors (Lipinski definition) is 0. The number of methoxy groups -OCH3 is 1. The highest BCUT2D eigenvalue weighted by atomic mass is 32.1. The van der Waals surface area contributed by atoms with Crippen molar-refractivity contribution in [1.82, 2.24) is 9.88 Å². The van der Waals surface area contributed by atoms with E-state index in [1.54, 1.807) is 24.4 Å². The van der Waals surface area contributed by atoms with Crippen LogP contribution in [0.1, 0.15) is 16.8 Å². The number of alkyl halides is 3. The highest BCUT2D eigenvalue weighted by Crippen LogP contribution is 2.31. The van der Waals surface area contributed by atoms with E-state index >= 15 is 0 Å². The van der Waals surface area contributed by atoms with Gasteiger partial charge in [-0.3, -0.25) is 4.79 Å². The minimum atomic E-state index is -4.37. The molecule has 0 bridgehead atoms. The minimum absolute atomic E-state index is 0.0925. The number of amides is 1. The Morgan fingerprint density at radius 1 is 1.10 bits per heavy atom. The lowest BCUT2D eigenvalue weighted by molar-refractivity contribution is -0.137. The summed E-state index contributed by atoms with van der Waals surface area (Å²) in [5, 5.41) is 2.34. The Bertz CT molecular complexity index is 967. The van der Waals surface area contributed by atoms with Gasteiger partial charge in [0.1, 0.15) is 10.8 Å². The van der Waals surface area contributed by atoms with Crippen LogP contribution in [0.5, 0.6) is 5.75 Å². The van der Waals surface area contributed by atoms with Crippen LogP contribution in [0.25, 0.3) is 10.6 Å².